The van der Waals surface area contributed by atoms with E-state index in [4.69, 9.17) is 14.2 Å². The molecule has 2 amide bonds. The first-order chi connectivity index (χ1) is 18.9. The second kappa shape index (κ2) is 9.38. The molecule has 39 heavy (non-hydrogen) atoms. The van der Waals surface area contributed by atoms with Gasteiger partial charge in [0.25, 0.3) is 5.91 Å². The molecular formula is C31H31N3O5. The molecule has 0 spiro atoms. The summed E-state index contributed by atoms with van der Waals surface area (Å²) in [5, 5.41) is 1.02. The monoisotopic (exact) mass is 525 g/mol. The van der Waals surface area contributed by atoms with Gasteiger partial charge in [0.1, 0.15) is 12.3 Å². The molecule has 200 valence electrons. The third-order valence-corrected chi connectivity index (χ3v) is 8.16. The van der Waals surface area contributed by atoms with Gasteiger partial charge in [-0.05, 0) is 42.3 Å². The summed E-state index contributed by atoms with van der Waals surface area (Å²) in [5.41, 5.74) is 3.32. The molecule has 2 atom stereocenters. The van der Waals surface area contributed by atoms with Crippen LogP contribution in [0.25, 0.3) is 10.9 Å². The quantitative estimate of drug-likeness (QED) is 0.403. The maximum absolute atomic E-state index is 14.3. The van der Waals surface area contributed by atoms with Gasteiger partial charge in [-0.3, -0.25) is 9.59 Å². The third-order valence-electron chi connectivity index (χ3n) is 8.16. The van der Waals surface area contributed by atoms with E-state index in [0.29, 0.717) is 24.6 Å². The van der Waals surface area contributed by atoms with Crippen LogP contribution < -0.4 is 14.2 Å². The van der Waals surface area contributed by atoms with Crippen LogP contribution in [-0.2, 0) is 21.7 Å². The molecule has 3 heterocycles. The Balaban J connectivity index is 1.50. The molecule has 0 saturated carbocycles. The largest absolute Gasteiger partial charge is 0.497 e. The lowest BCUT2D eigenvalue weighted by Crippen LogP contribution is -2.67. The van der Waals surface area contributed by atoms with Crippen molar-refractivity contribution in [3.8, 4) is 17.2 Å². The van der Waals surface area contributed by atoms with Gasteiger partial charge in [0.05, 0.1) is 27.0 Å². The van der Waals surface area contributed by atoms with E-state index in [1.165, 1.54) is 0 Å². The van der Waals surface area contributed by atoms with E-state index < -0.39 is 5.54 Å². The Morgan fingerprint density at radius 1 is 0.923 bits per heavy atom. The van der Waals surface area contributed by atoms with Crippen LogP contribution >= 0.6 is 0 Å². The zero-order valence-electron chi connectivity index (χ0n) is 22.5. The average Bonchev–Trinajstić information content (AvgIpc) is 3.36. The zero-order valence-corrected chi connectivity index (χ0v) is 22.5. The fourth-order valence-electron chi connectivity index (χ4n) is 6.22. The fourth-order valence-corrected chi connectivity index (χ4v) is 6.22. The maximum Gasteiger partial charge on any atom is 0.255 e. The van der Waals surface area contributed by atoms with E-state index in [-0.39, 0.29) is 24.3 Å². The van der Waals surface area contributed by atoms with Crippen LogP contribution in [0, 0.1) is 0 Å². The van der Waals surface area contributed by atoms with Gasteiger partial charge >= 0.3 is 0 Å². The van der Waals surface area contributed by atoms with Gasteiger partial charge < -0.3 is 29.0 Å². The van der Waals surface area contributed by atoms with Crippen molar-refractivity contribution in [3.05, 3.63) is 89.1 Å². The molecule has 0 radical (unpaired) electrons. The standard InChI is InChI=1S/C31H31N3O5/c1-31-29-27(22-8-5-6-10-24(22)32-29)23(21-9-7-11-25(38-3)28(21)39-4)17-34(31)26(35)18-33(30(31)36)16-19-12-14-20(37-2)15-13-19/h5-15,23,32H,16-18H2,1-4H3/t23-,31-/m0/s1. The Labute approximate surface area is 227 Å². The minimum absolute atomic E-state index is 0.0119. The van der Waals surface area contributed by atoms with E-state index in [1.807, 2.05) is 67.6 Å². The van der Waals surface area contributed by atoms with Gasteiger partial charge in [-0.15, -0.1) is 0 Å². The molecule has 8 nitrogen and oxygen atoms in total. The topological polar surface area (TPSA) is 84.1 Å². The van der Waals surface area contributed by atoms with Crippen molar-refractivity contribution in [1.82, 2.24) is 14.8 Å². The van der Waals surface area contributed by atoms with Gasteiger partial charge in [0, 0.05) is 35.5 Å². The molecule has 1 aromatic heterocycles. The van der Waals surface area contributed by atoms with E-state index in [0.717, 1.165) is 39.0 Å². The summed E-state index contributed by atoms with van der Waals surface area (Å²) in [7, 11) is 4.85. The number of methoxy groups -OCH3 is 3. The van der Waals surface area contributed by atoms with Crippen molar-refractivity contribution >= 4 is 22.7 Å². The average molecular weight is 526 g/mol. The SMILES string of the molecule is COc1ccc(CN2CC(=O)N3C[C@@H](c4cccc(OC)c4OC)c4c([nH]c5ccccc45)[C@@]3(C)C2=O)cc1. The molecule has 4 aromatic rings. The molecule has 0 unspecified atom stereocenters. The number of aromatic nitrogens is 1. The predicted octanol–water partition coefficient (Wildman–Crippen LogP) is 4.43. The minimum atomic E-state index is -1.18. The molecular weight excluding hydrogens is 494 g/mol. The van der Waals surface area contributed by atoms with Crippen LogP contribution in [-0.4, -0.2) is 61.0 Å². The summed E-state index contributed by atoms with van der Waals surface area (Å²) in [4.78, 5) is 35.0. The number of amides is 2. The number of carbonyl (C=O) groups is 2. The second-order valence-corrected chi connectivity index (χ2v) is 10.2. The number of hydrogen-bond acceptors (Lipinski definition) is 5. The molecule has 1 saturated heterocycles. The molecule has 2 aliphatic heterocycles. The lowest BCUT2D eigenvalue weighted by atomic mass is 9.76. The Hall–Kier alpha value is -4.46. The summed E-state index contributed by atoms with van der Waals surface area (Å²) in [6.07, 6.45) is 0. The number of hydrogen-bond donors (Lipinski definition) is 1. The number of nitrogens with one attached hydrogen (secondary N) is 1. The van der Waals surface area contributed by atoms with Gasteiger partial charge in [-0.25, -0.2) is 0 Å². The number of ether oxygens (including phenoxy) is 3. The van der Waals surface area contributed by atoms with E-state index in [9.17, 15) is 9.59 Å². The highest BCUT2D eigenvalue weighted by atomic mass is 16.5. The van der Waals surface area contributed by atoms with Gasteiger partial charge in [-0.2, -0.15) is 0 Å². The normalized spacial score (nSPS) is 20.6. The van der Waals surface area contributed by atoms with Crippen molar-refractivity contribution in [2.75, 3.05) is 34.4 Å². The van der Waals surface area contributed by atoms with Crippen LogP contribution in [0.5, 0.6) is 17.2 Å². The molecule has 2 aliphatic rings. The number of fused-ring (bicyclic) bond motifs is 5. The Morgan fingerprint density at radius 2 is 1.69 bits per heavy atom. The highest BCUT2D eigenvalue weighted by molar-refractivity contribution is 6.01. The van der Waals surface area contributed by atoms with Crippen molar-refractivity contribution in [2.24, 2.45) is 0 Å². The van der Waals surface area contributed by atoms with Crippen molar-refractivity contribution in [1.29, 1.82) is 0 Å². The van der Waals surface area contributed by atoms with Crippen LogP contribution in [0.3, 0.4) is 0 Å². The van der Waals surface area contributed by atoms with Crippen LogP contribution in [0.4, 0.5) is 0 Å². The third kappa shape index (κ3) is 3.73. The van der Waals surface area contributed by atoms with E-state index in [2.05, 4.69) is 11.1 Å². The van der Waals surface area contributed by atoms with Crippen molar-refractivity contribution in [3.63, 3.8) is 0 Å². The smallest absolute Gasteiger partial charge is 0.255 e. The molecule has 6 rings (SSSR count). The maximum atomic E-state index is 14.3. The van der Waals surface area contributed by atoms with Crippen LogP contribution in [0.15, 0.2) is 66.7 Å². The van der Waals surface area contributed by atoms with Gasteiger partial charge in [-0.1, -0.05) is 42.5 Å². The Morgan fingerprint density at radius 3 is 2.41 bits per heavy atom. The highest BCUT2D eigenvalue weighted by Crippen LogP contribution is 2.50. The summed E-state index contributed by atoms with van der Waals surface area (Å²) >= 11 is 0. The van der Waals surface area contributed by atoms with Crippen LogP contribution in [0.2, 0.25) is 0 Å². The first kappa shape index (κ1) is 24.9. The molecule has 1 N–H and O–H groups in total. The predicted molar refractivity (Wildman–Crippen MR) is 147 cm³/mol. The summed E-state index contributed by atoms with van der Waals surface area (Å²) in [5.74, 6) is 1.56. The zero-order chi connectivity index (χ0) is 27.3. The first-order valence-electron chi connectivity index (χ1n) is 13.0. The highest BCUT2D eigenvalue weighted by Gasteiger charge is 2.56. The van der Waals surface area contributed by atoms with Gasteiger partial charge in [0.15, 0.2) is 17.0 Å². The number of nitrogens with zero attached hydrogens (tertiary/aromatic N) is 2. The Bertz CT molecular complexity index is 1580. The van der Waals surface area contributed by atoms with E-state index >= 15 is 0 Å². The van der Waals surface area contributed by atoms with E-state index in [1.54, 1.807) is 31.1 Å². The summed E-state index contributed by atoms with van der Waals surface area (Å²) in [6.45, 7) is 2.55. The minimum Gasteiger partial charge on any atom is -0.497 e. The van der Waals surface area contributed by atoms with Crippen molar-refractivity contribution in [2.45, 2.75) is 24.9 Å². The van der Waals surface area contributed by atoms with Crippen molar-refractivity contribution < 1.29 is 23.8 Å². The number of rotatable bonds is 6. The fraction of sp³-hybridized carbons (Fsp3) is 0.290. The number of carbonyl (C=O) groups excluding carboxylic acids is 2. The second-order valence-electron chi connectivity index (χ2n) is 10.2. The number of H-pyrrole nitrogens is 1. The number of para-hydroxylation sites is 2. The summed E-state index contributed by atoms with van der Waals surface area (Å²) < 4.78 is 16.7. The number of piperazine rings is 1. The first-order valence-corrected chi connectivity index (χ1v) is 13.0. The lowest BCUT2D eigenvalue weighted by Gasteiger charge is -2.51. The molecule has 8 heteroatoms. The lowest BCUT2D eigenvalue weighted by molar-refractivity contribution is -0.166. The Kier molecular flexibility index (Phi) is 5.98. The number of aromatic amines is 1. The van der Waals surface area contributed by atoms with Crippen LogP contribution in [0.1, 0.15) is 35.2 Å². The van der Waals surface area contributed by atoms with Gasteiger partial charge in [0.2, 0.25) is 5.91 Å². The summed E-state index contributed by atoms with van der Waals surface area (Å²) in [6, 6.07) is 21.4. The molecule has 1 fully saturated rings. The molecule has 3 aromatic carbocycles. The number of benzene rings is 3. The molecule has 0 aliphatic carbocycles. The molecule has 0 bridgehead atoms.